The second kappa shape index (κ2) is 13.7. The molecule has 12 nitrogen and oxygen atoms in total. The van der Waals surface area contributed by atoms with Crippen molar-refractivity contribution in [3.63, 3.8) is 0 Å². The topological polar surface area (TPSA) is 208 Å². The first-order valence-corrected chi connectivity index (χ1v) is 10.1. The van der Waals surface area contributed by atoms with E-state index in [9.17, 15) is 29.1 Å². The number of rotatable bonds is 14. The van der Waals surface area contributed by atoms with Gasteiger partial charge in [0.1, 0.15) is 6.04 Å². The van der Waals surface area contributed by atoms with E-state index < -0.39 is 60.4 Å². The average molecular weight is 436 g/mol. The highest BCUT2D eigenvalue weighted by molar-refractivity contribution is 7.98. The van der Waals surface area contributed by atoms with E-state index >= 15 is 0 Å². The van der Waals surface area contributed by atoms with Crippen molar-refractivity contribution in [2.75, 3.05) is 18.6 Å². The van der Waals surface area contributed by atoms with Gasteiger partial charge >= 0.3 is 11.9 Å². The Bertz CT molecular complexity index is 601. The maximum absolute atomic E-state index is 12.3. The summed E-state index contributed by atoms with van der Waals surface area (Å²) < 4.78 is 0. The van der Waals surface area contributed by atoms with Gasteiger partial charge in [-0.1, -0.05) is 0 Å². The Hall–Kier alpha value is -2.38. The number of nitrogens with two attached hydrogens (primary N) is 1. The van der Waals surface area contributed by atoms with Crippen LogP contribution in [0.1, 0.15) is 26.2 Å². The maximum atomic E-state index is 12.3. The number of carboxylic acid groups (broad SMARTS) is 2. The van der Waals surface area contributed by atoms with E-state index in [-0.39, 0.29) is 19.3 Å². The molecule has 0 aromatic carbocycles. The lowest BCUT2D eigenvalue weighted by atomic mass is 10.1. The lowest BCUT2D eigenvalue weighted by molar-refractivity contribution is -0.144. The van der Waals surface area contributed by atoms with Gasteiger partial charge in [0, 0.05) is 6.42 Å². The minimum atomic E-state index is -1.53. The van der Waals surface area contributed by atoms with Crippen LogP contribution in [0.2, 0.25) is 0 Å². The Morgan fingerprint density at radius 2 is 1.66 bits per heavy atom. The van der Waals surface area contributed by atoms with Gasteiger partial charge in [0.05, 0.1) is 18.7 Å². The van der Waals surface area contributed by atoms with Gasteiger partial charge in [0.25, 0.3) is 0 Å². The first kappa shape index (κ1) is 26.6. The number of aliphatic hydroxyl groups excluding tert-OH is 1. The van der Waals surface area contributed by atoms with Crippen LogP contribution in [0.4, 0.5) is 0 Å². The molecule has 0 aliphatic heterocycles. The van der Waals surface area contributed by atoms with Crippen molar-refractivity contribution in [2.24, 2.45) is 5.73 Å². The molecule has 0 aromatic heterocycles. The lowest BCUT2D eigenvalue weighted by Gasteiger charge is -2.21. The third kappa shape index (κ3) is 11.3. The van der Waals surface area contributed by atoms with E-state index in [0.717, 1.165) is 0 Å². The minimum Gasteiger partial charge on any atom is -0.481 e. The zero-order chi connectivity index (χ0) is 22.6. The normalized spacial score (nSPS) is 14.8. The van der Waals surface area contributed by atoms with Gasteiger partial charge in [-0.05, 0) is 31.8 Å². The summed E-state index contributed by atoms with van der Waals surface area (Å²) >= 11 is 1.42. The van der Waals surface area contributed by atoms with Crippen LogP contribution in [0.3, 0.4) is 0 Å². The van der Waals surface area contributed by atoms with E-state index in [0.29, 0.717) is 5.75 Å². The number of carbonyl (C=O) groups excluding carboxylic acids is 3. The molecule has 0 spiro atoms. The fourth-order valence-electron chi connectivity index (χ4n) is 2.10. The number of hydrogen-bond acceptors (Lipinski definition) is 8. The van der Waals surface area contributed by atoms with E-state index in [1.165, 1.54) is 18.7 Å². The standard InChI is InChI=1S/C16H28N4O8S/c1-8(21)13(16(27)28)20-11(22)7-18-15(26)10(5-6-29-2)19-14(25)9(17)3-4-12(23)24/h8-10,13,21H,3-7,17H2,1-2H3,(H,18,26)(H,19,25)(H,20,22)(H,23,24)(H,27,28). The van der Waals surface area contributed by atoms with Crippen LogP contribution in [-0.4, -0.2) is 87.8 Å². The van der Waals surface area contributed by atoms with Crippen LogP contribution in [0, 0.1) is 0 Å². The summed E-state index contributed by atoms with van der Waals surface area (Å²) in [5, 5.41) is 33.7. The van der Waals surface area contributed by atoms with Crippen molar-refractivity contribution in [1.29, 1.82) is 0 Å². The van der Waals surface area contributed by atoms with Gasteiger partial charge in [-0.15, -0.1) is 0 Å². The third-order valence-corrected chi connectivity index (χ3v) is 4.38. The molecular weight excluding hydrogens is 408 g/mol. The van der Waals surface area contributed by atoms with Gasteiger partial charge in [-0.25, -0.2) is 4.79 Å². The fraction of sp³-hybridized carbons (Fsp3) is 0.688. The van der Waals surface area contributed by atoms with Crippen molar-refractivity contribution >= 4 is 41.4 Å². The van der Waals surface area contributed by atoms with Crippen LogP contribution < -0.4 is 21.7 Å². The molecule has 8 N–H and O–H groups in total. The summed E-state index contributed by atoms with van der Waals surface area (Å²) in [5.74, 6) is -4.24. The molecule has 0 rings (SSSR count). The summed E-state index contributed by atoms with van der Waals surface area (Å²) in [6.45, 7) is 0.630. The minimum absolute atomic E-state index is 0.101. The van der Waals surface area contributed by atoms with Crippen LogP contribution in [0.5, 0.6) is 0 Å². The smallest absolute Gasteiger partial charge is 0.328 e. The largest absolute Gasteiger partial charge is 0.481 e. The van der Waals surface area contributed by atoms with Crippen molar-refractivity contribution < 1.29 is 39.3 Å². The Kier molecular flexibility index (Phi) is 12.6. The highest BCUT2D eigenvalue weighted by Crippen LogP contribution is 2.03. The molecular formula is C16H28N4O8S. The number of hydrogen-bond donors (Lipinski definition) is 7. The number of carboxylic acids is 2. The molecule has 0 saturated carbocycles. The van der Waals surface area contributed by atoms with Gasteiger partial charge in [-0.3, -0.25) is 19.2 Å². The van der Waals surface area contributed by atoms with Crippen molar-refractivity contribution in [3.05, 3.63) is 0 Å². The molecule has 166 valence electrons. The molecule has 0 radical (unpaired) electrons. The van der Waals surface area contributed by atoms with Crippen LogP contribution >= 0.6 is 11.8 Å². The lowest BCUT2D eigenvalue weighted by Crippen LogP contribution is -2.54. The number of amides is 3. The third-order valence-electron chi connectivity index (χ3n) is 3.74. The Balaban J connectivity index is 4.78. The second-order valence-corrected chi connectivity index (χ2v) is 7.21. The highest BCUT2D eigenvalue weighted by Gasteiger charge is 2.27. The van der Waals surface area contributed by atoms with E-state index in [2.05, 4.69) is 16.0 Å². The molecule has 4 unspecified atom stereocenters. The van der Waals surface area contributed by atoms with E-state index in [1.54, 1.807) is 6.26 Å². The quantitative estimate of drug-likeness (QED) is 0.152. The Morgan fingerprint density at radius 3 is 2.14 bits per heavy atom. The SMILES string of the molecule is CSCCC(NC(=O)C(N)CCC(=O)O)C(=O)NCC(=O)NC(C(=O)O)C(C)O. The van der Waals surface area contributed by atoms with Crippen LogP contribution in [0.25, 0.3) is 0 Å². The van der Waals surface area contributed by atoms with Crippen molar-refractivity contribution in [1.82, 2.24) is 16.0 Å². The Morgan fingerprint density at radius 1 is 1.03 bits per heavy atom. The molecule has 0 bridgehead atoms. The summed E-state index contributed by atoms with van der Waals surface area (Å²) in [6.07, 6.45) is 0.288. The molecule has 0 heterocycles. The second-order valence-electron chi connectivity index (χ2n) is 6.22. The maximum Gasteiger partial charge on any atom is 0.328 e. The molecule has 4 atom stereocenters. The molecule has 0 fully saturated rings. The van der Waals surface area contributed by atoms with Crippen LogP contribution in [0.15, 0.2) is 0 Å². The number of carbonyl (C=O) groups is 5. The predicted molar refractivity (Wildman–Crippen MR) is 104 cm³/mol. The fourth-order valence-corrected chi connectivity index (χ4v) is 2.57. The number of aliphatic carboxylic acids is 2. The monoisotopic (exact) mass is 436 g/mol. The molecule has 0 aliphatic rings. The van der Waals surface area contributed by atoms with Gasteiger partial charge in [0.2, 0.25) is 17.7 Å². The molecule has 0 saturated heterocycles. The number of aliphatic hydroxyl groups is 1. The van der Waals surface area contributed by atoms with Gasteiger partial charge < -0.3 is 37.0 Å². The molecule has 0 aliphatic carbocycles. The first-order valence-electron chi connectivity index (χ1n) is 8.74. The predicted octanol–water partition coefficient (Wildman–Crippen LogP) is -2.52. The summed E-state index contributed by atoms with van der Waals surface area (Å²) in [5.41, 5.74) is 5.62. The zero-order valence-electron chi connectivity index (χ0n) is 16.2. The summed E-state index contributed by atoms with van der Waals surface area (Å²) in [7, 11) is 0. The zero-order valence-corrected chi connectivity index (χ0v) is 17.0. The van der Waals surface area contributed by atoms with Crippen molar-refractivity contribution in [3.8, 4) is 0 Å². The number of thioether (sulfide) groups is 1. The molecule has 3 amide bonds. The molecule has 29 heavy (non-hydrogen) atoms. The molecule has 13 heteroatoms. The van der Waals surface area contributed by atoms with Crippen LogP contribution in [-0.2, 0) is 24.0 Å². The van der Waals surface area contributed by atoms with E-state index in [1.807, 2.05) is 0 Å². The Labute approximate surface area is 172 Å². The summed E-state index contributed by atoms with van der Waals surface area (Å²) in [4.78, 5) is 57.7. The van der Waals surface area contributed by atoms with Gasteiger partial charge in [-0.2, -0.15) is 11.8 Å². The highest BCUT2D eigenvalue weighted by atomic mass is 32.2. The average Bonchev–Trinajstić information content (AvgIpc) is 2.64. The van der Waals surface area contributed by atoms with E-state index in [4.69, 9.17) is 15.9 Å². The first-order chi connectivity index (χ1) is 13.5. The van der Waals surface area contributed by atoms with Gasteiger partial charge in [0.15, 0.2) is 6.04 Å². The molecule has 0 aromatic rings. The number of nitrogens with one attached hydrogen (secondary N) is 3. The van der Waals surface area contributed by atoms with Crippen molar-refractivity contribution in [2.45, 2.75) is 50.4 Å². The summed E-state index contributed by atoms with van der Waals surface area (Å²) in [6, 6.07) is -3.65.